The van der Waals surface area contributed by atoms with E-state index in [9.17, 15) is 4.79 Å². The van der Waals surface area contributed by atoms with E-state index in [2.05, 4.69) is 6.58 Å². The van der Waals surface area contributed by atoms with E-state index < -0.39 is 0 Å². The number of aldehydes is 1. The predicted molar refractivity (Wildman–Crippen MR) is 74.0 cm³/mol. The van der Waals surface area contributed by atoms with Crippen molar-refractivity contribution in [3.05, 3.63) is 66.7 Å². The molecule has 3 nitrogen and oxygen atoms in total. The van der Waals surface area contributed by atoms with Crippen molar-refractivity contribution >= 4 is 6.29 Å². The monoisotopic (exact) mass is 254 g/mol. The molecule has 3 heteroatoms. The van der Waals surface area contributed by atoms with E-state index in [0.29, 0.717) is 29.4 Å². The first-order valence-corrected chi connectivity index (χ1v) is 5.89. The molecule has 0 saturated heterocycles. The van der Waals surface area contributed by atoms with Gasteiger partial charge in [-0.05, 0) is 24.3 Å². The van der Waals surface area contributed by atoms with Crippen molar-refractivity contribution in [1.29, 1.82) is 0 Å². The molecule has 0 aromatic heterocycles. The summed E-state index contributed by atoms with van der Waals surface area (Å²) in [7, 11) is 0. The number of rotatable bonds is 6. The maximum atomic E-state index is 10.7. The lowest BCUT2D eigenvalue weighted by atomic mass is 10.2. The van der Waals surface area contributed by atoms with Crippen molar-refractivity contribution in [2.24, 2.45) is 0 Å². The molecule has 2 aromatic carbocycles. The van der Waals surface area contributed by atoms with Crippen molar-refractivity contribution in [3.63, 3.8) is 0 Å². The van der Waals surface area contributed by atoms with Gasteiger partial charge in [0, 0.05) is 5.56 Å². The van der Waals surface area contributed by atoms with Gasteiger partial charge in [0.15, 0.2) is 11.5 Å². The summed E-state index contributed by atoms with van der Waals surface area (Å²) in [6.07, 6.45) is 2.46. The van der Waals surface area contributed by atoms with Gasteiger partial charge in [-0.25, -0.2) is 0 Å². The van der Waals surface area contributed by atoms with Crippen LogP contribution in [0, 0.1) is 0 Å². The fourth-order valence-corrected chi connectivity index (χ4v) is 1.58. The molecule has 0 radical (unpaired) electrons. The summed E-state index contributed by atoms with van der Waals surface area (Å²) in [4.78, 5) is 10.7. The average molecular weight is 254 g/mol. The molecule has 2 aromatic rings. The van der Waals surface area contributed by atoms with Crippen LogP contribution in [0.15, 0.2) is 61.2 Å². The summed E-state index contributed by atoms with van der Waals surface area (Å²) < 4.78 is 11.2. The maximum absolute atomic E-state index is 10.7. The number of carbonyl (C=O) groups is 1. The molecule has 0 aliphatic rings. The van der Waals surface area contributed by atoms with Crippen LogP contribution in [0.1, 0.15) is 10.4 Å². The van der Waals surface area contributed by atoms with Gasteiger partial charge in [0.05, 0.1) is 0 Å². The van der Waals surface area contributed by atoms with Crippen LogP contribution >= 0.6 is 0 Å². The van der Waals surface area contributed by atoms with Crippen molar-refractivity contribution < 1.29 is 14.3 Å². The standard InChI is InChI=1S/C16H14O3/c1-2-10-18-15-8-3-4-9-16(15)19-14-7-5-6-13(11-14)12-17/h2-9,11-12H,1,10H2. The molecule has 0 amide bonds. The second kappa shape index (κ2) is 6.40. The van der Waals surface area contributed by atoms with E-state index >= 15 is 0 Å². The number of hydrogen-bond donors (Lipinski definition) is 0. The van der Waals surface area contributed by atoms with Crippen LogP contribution in [0.25, 0.3) is 0 Å². The summed E-state index contributed by atoms with van der Waals surface area (Å²) in [6.45, 7) is 4.02. The summed E-state index contributed by atoms with van der Waals surface area (Å²) >= 11 is 0. The Bertz CT molecular complexity index is 576. The quantitative estimate of drug-likeness (QED) is 0.580. The largest absolute Gasteiger partial charge is 0.486 e. The fourth-order valence-electron chi connectivity index (χ4n) is 1.58. The summed E-state index contributed by atoms with van der Waals surface area (Å²) in [6, 6.07) is 14.3. The van der Waals surface area contributed by atoms with Crippen molar-refractivity contribution in [2.75, 3.05) is 6.61 Å². The van der Waals surface area contributed by atoms with E-state index in [-0.39, 0.29) is 0 Å². The third-order valence-electron chi connectivity index (χ3n) is 2.43. The molecular formula is C16H14O3. The lowest BCUT2D eigenvalue weighted by Crippen LogP contribution is -1.95. The van der Waals surface area contributed by atoms with E-state index in [1.807, 2.05) is 24.3 Å². The first-order chi connectivity index (χ1) is 9.33. The van der Waals surface area contributed by atoms with Crippen LogP contribution in [0.5, 0.6) is 17.2 Å². The zero-order valence-electron chi connectivity index (χ0n) is 10.4. The van der Waals surface area contributed by atoms with Crippen LogP contribution < -0.4 is 9.47 Å². The molecule has 0 saturated carbocycles. The van der Waals surface area contributed by atoms with Crippen LogP contribution in [-0.2, 0) is 0 Å². The lowest BCUT2D eigenvalue weighted by Gasteiger charge is -2.11. The van der Waals surface area contributed by atoms with Crippen molar-refractivity contribution in [2.45, 2.75) is 0 Å². The molecule has 19 heavy (non-hydrogen) atoms. The first-order valence-electron chi connectivity index (χ1n) is 5.89. The van der Waals surface area contributed by atoms with Gasteiger partial charge >= 0.3 is 0 Å². The minimum atomic E-state index is 0.411. The van der Waals surface area contributed by atoms with Crippen LogP contribution in [0.2, 0.25) is 0 Å². The number of para-hydroxylation sites is 2. The van der Waals surface area contributed by atoms with E-state index in [0.717, 1.165) is 6.29 Å². The van der Waals surface area contributed by atoms with Gasteiger partial charge in [-0.1, -0.05) is 36.9 Å². The zero-order chi connectivity index (χ0) is 13.5. The molecule has 2 rings (SSSR count). The summed E-state index contributed by atoms with van der Waals surface area (Å²) in [5.74, 6) is 1.84. The maximum Gasteiger partial charge on any atom is 0.169 e. The molecule has 0 bridgehead atoms. The normalized spacial score (nSPS) is 9.68. The molecule has 0 heterocycles. The highest BCUT2D eigenvalue weighted by Gasteiger charge is 2.05. The van der Waals surface area contributed by atoms with E-state index in [1.165, 1.54) is 0 Å². The molecular weight excluding hydrogens is 240 g/mol. The highest BCUT2D eigenvalue weighted by atomic mass is 16.5. The molecule has 0 aliphatic heterocycles. The molecule has 0 unspecified atom stereocenters. The number of hydrogen-bond acceptors (Lipinski definition) is 3. The Morgan fingerprint density at radius 3 is 2.58 bits per heavy atom. The third kappa shape index (κ3) is 3.45. The average Bonchev–Trinajstić information content (AvgIpc) is 2.46. The van der Waals surface area contributed by atoms with Crippen LogP contribution in [0.4, 0.5) is 0 Å². The Hall–Kier alpha value is -2.55. The fraction of sp³-hybridized carbons (Fsp3) is 0.0625. The van der Waals surface area contributed by atoms with Crippen LogP contribution in [-0.4, -0.2) is 12.9 Å². The van der Waals surface area contributed by atoms with Gasteiger partial charge in [-0.3, -0.25) is 4.79 Å². The Morgan fingerprint density at radius 1 is 1.05 bits per heavy atom. The zero-order valence-corrected chi connectivity index (χ0v) is 10.4. The van der Waals surface area contributed by atoms with Gasteiger partial charge in [0.2, 0.25) is 0 Å². The van der Waals surface area contributed by atoms with Gasteiger partial charge in [-0.15, -0.1) is 0 Å². The molecule has 0 atom stereocenters. The third-order valence-corrected chi connectivity index (χ3v) is 2.43. The van der Waals surface area contributed by atoms with Crippen molar-refractivity contribution in [3.8, 4) is 17.2 Å². The molecule has 0 spiro atoms. The number of benzene rings is 2. The first kappa shape index (κ1) is 12.9. The summed E-state index contributed by atoms with van der Waals surface area (Å²) in [5, 5.41) is 0. The second-order valence-electron chi connectivity index (χ2n) is 3.84. The molecule has 0 N–H and O–H groups in total. The lowest BCUT2D eigenvalue weighted by molar-refractivity contribution is 0.112. The van der Waals surface area contributed by atoms with Crippen molar-refractivity contribution in [1.82, 2.24) is 0 Å². The second-order valence-corrected chi connectivity index (χ2v) is 3.84. The van der Waals surface area contributed by atoms with Gasteiger partial charge in [0.1, 0.15) is 18.6 Å². The van der Waals surface area contributed by atoms with Gasteiger partial charge < -0.3 is 9.47 Å². The van der Waals surface area contributed by atoms with Gasteiger partial charge in [-0.2, -0.15) is 0 Å². The summed E-state index contributed by atoms with van der Waals surface area (Å²) in [5.41, 5.74) is 0.571. The highest BCUT2D eigenvalue weighted by molar-refractivity contribution is 5.75. The van der Waals surface area contributed by atoms with E-state index in [1.54, 1.807) is 30.3 Å². The molecule has 0 fully saturated rings. The predicted octanol–water partition coefficient (Wildman–Crippen LogP) is 3.86. The Labute approximate surface area is 112 Å². The topological polar surface area (TPSA) is 35.5 Å². The molecule has 0 aliphatic carbocycles. The highest BCUT2D eigenvalue weighted by Crippen LogP contribution is 2.31. The Kier molecular flexibility index (Phi) is 4.34. The Balaban J connectivity index is 2.21. The minimum absolute atomic E-state index is 0.411. The number of ether oxygens (including phenoxy) is 2. The van der Waals surface area contributed by atoms with Crippen LogP contribution in [0.3, 0.4) is 0 Å². The molecule has 96 valence electrons. The SMILES string of the molecule is C=CCOc1ccccc1Oc1cccc(C=O)c1. The van der Waals surface area contributed by atoms with E-state index in [4.69, 9.17) is 9.47 Å². The number of carbonyl (C=O) groups excluding carboxylic acids is 1. The Morgan fingerprint density at radius 2 is 1.84 bits per heavy atom. The smallest absolute Gasteiger partial charge is 0.169 e. The minimum Gasteiger partial charge on any atom is -0.486 e. The van der Waals surface area contributed by atoms with Gasteiger partial charge in [0.25, 0.3) is 0 Å².